The molecule has 0 radical (unpaired) electrons. The van der Waals surface area contributed by atoms with E-state index in [4.69, 9.17) is 11.6 Å². The second-order valence-electron chi connectivity index (χ2n) is 4.41. The van der Waals surface area contributed by atoms with E-state index in [-0.39, 0.29) is 28.4 Å². The lowest BCUT2D eigenvalue weighted by Gasteiger charge is -2.17. The molecule has 1 amide bonds. The minimum Gasteiger partial charge on any atom is -0.352 e. The van der Waals surface area contributed by atoms with Crippen molar-refractivity contribution in [3.05, 3.63) is 23.5 Å². The van der Waals surface area contributed by atoms with E-state index < -0.39 is 10.0 Å². The first-order valence-corrected chi connectivity index (χ1v) is 7.58. The van der Waals surface area contributed by atoms with Crippen molar-refractivity contribution in [2.75, 3.05) is 13.6 Å². The Labute approximate surface area is 116 Å². The quantitative estimate of drug-likeness (QED) is 0.865. The molecule has 6 nitrogen and oxygen atoms in total. The number of carbonyl (C=O) groups is 1. The molecule has 0 aromatic carbocycles. The van der Waals surface area contributed by atoms with E-state index in [0.29, 0.717) is 0 Å². The van der Waals surface area contributed by atoms with Crippen LogP contribution in [0.3, 0.4) is 0 Å². The third kappa shape index (κ3) is 3.43. The molecule has 1 aliphatic carbocycles. The maximum absolute atomic E-state index is 12.2. The van der Waals surface area contributed by atoms with Crippen LogP contribution in [-0.2, 0) is 14.8 Å². The Balaban J connectivity index is 2.10. The molecule has 1 aromatic heterocycles. The van der Waals surface area contributed by atoms with Crippen LogP contribution in [0, 0.1) is 0 Å². The molecular formula is C11H14ClN3O3S. The maximum atomic E-state index is 12.2. The lowest BCUT2D eigenvalue weighted by atomic mass is 10.5. The van der Waals surface area contributed by atoms with Crippen LogP contribution < -0.4 is 5.32 Å². The Morgan fingerprint density at radius 3 is 2.84 bits per heavy atom. The molecule has 1 aliphatic rings. The highest BCUT2D eigenvalue weighted by Gasteiger charge is 2.28. The summed E-state index contributed by atoms with van der Waals surface area (Å²) in [5, 5.41) is 2.82. The lowest BCUT2D eigenvalue weighted by Crippen LogP contribution is -2.39. The van der Waals surface area contributed by atoms with Gasteiger partial charge in [-0.2, -0.15) is 4.31 Å². The van der Waals surface area contributed by atoms with E-state index in [1.165, 1.54) is 25.5 Å². The first kappa shape index (κ1) is 14.2. The van der Waals surface area contributed by atoms with Crippen molar-refractivity contribution in [3.63, 3.8) is 0 Å². The smallest absolute Gasteiger partial charge is 0.246 e. The van der Waals surface area contributed by atoms with Crippen molar-refractivity contribution >= 4 is 27.5 Å². The monoisotopic (exact) mass is 303 g/mol. The second kappa shape index (κ2) is 5.44. The SMILES string of the molecule is CN(CC(=O)NC1CC1)S(=O)(=O)c1cnccc1Cl. The molecule has 0 atom stereocenters. The van der Waals surface area contributed by atoms with Gasteiger partial charge in [0.05, 0.1) is 11.6 Å². The number of nitrogens with one attached hydrogen (secondary N) is 1. The van der Waals surface area contributed by atoms with E-state index in [1.807, 2.05) is 0 Å². The van der Waals surface area contributed by atoms with Crippen molar-refractivity contribution in [3.8, 4) is 0 Å². The van der Waals surface area contributed by atoms with Gasteiger partial charge in [0, 0.05) is 25.5 Å². The van der Waals surface area contributed by atoms with Crippen molar-refractivity contribution in [1.29, 1.82) is 0 Å². The number of hydrogen-bond acceptors (Lipinski definition) is 4. The molecule has 19 heavy (non-hydrogen) atoms. The standard InChI is InChI=1S/C11H14ClN3O3S/c1-15(7-11(16)14-8-2-3-8)19(17,18)10-6-13-5-4-9(10)12/h4-6,8H,2-3,7H2,1H3,(H,14,16). The van der Waals surface area contributed by atoms with Gasteiger partial charge >= 0.3 is 0 Å². The highest BCUT2D eigenvalue weighted by Crippen LogP contribution is 2.22. The van der Waals surface area contributed by atoms with Gasteiger partial charge in [-0.25, -0.2) is 8.42 Å². The van der Waals surface area contributed by atoms with Gasteiger partial charge < -0.3 is 5.32 Å². The van der Waals surface area contributed by atoms with E-state index >= 15 is 0 Å². The predicted octanol–water partition coefficient (Wildman–Crippen LogP) is 0.634. The molecule has 1 fully saturated rings. The van der Waals surface area contributed by atoms with Crippen LogP contribution in [-0.4, -0.2) is 43.2 Å². The zero-order valence-corrected chi connectivity index (χ0v) is 11.9. The van der Waals surface area contributed by atoms with Crippen LogP contribution >= 0.6 is 11.6 Å². The lowest BCUT2D eigenvalue weighted by molar-refractivity contribution is -0.121. The molecule has 0 bridgehead atoms. The number of sulfonamides is 1. The molecule has 8 heteroatoms. The summed E-state index contributed by atoms with van der Waals surface area (Å²) in [4.78, 5) is 15.2. The summed E-state index contributed by atoms with van der Waals surface area (Å²) in [5.74, 6) is -0.311. The molecule has 0 saturated heterocycles. The molecule has 1 N–H and O–H groups in total. The number of carbonyl (C=O) groups excluding carboxylic acids is 1. The minimum atomic E-state index is -3.80. The summed E-state index contributed by atoms with van der Waals surface area (Å²) >= 11 is 5.84. The average molecular weight is 304 g/mol. The van der Waals surface area contributed by atoms with Gasteiger partial charge in [0.1, 0.15) is 4.90 Å². The maximum Gasteiger partial charge on any atom is 0.246 e. The summed E-state index contributed by atoms with van der Waals surface area (Å²) in [6.45, 7) is -0.232. The van der Waals surface area contributed by atoms with Crippen molar-refractivity contribution in [2.45, 2.75) is 23.8 Å². The van der Waals surface area contributed by atoms with Crippen LogP contribution in [0.5, 0.6) is 0 Å². The van der Waals surface area contributed by atoms with Crippen LogP contribution in [0.2, 0.25) is 5.02 Å². The number of amides is 1. The average Bonchev–Trinajstić information content (AvgIpc) is 3.12. The van der Waals surface area contributed by atoms with Crippen molar-refractivity contribution in [2.24, 2.45) is 0 Å². The predicted molar refractivity (Wildman–Crippen MR) is 70.2 cm³/mol. The van der Waals surface area contributed by atoms with E-state index in [0.717, 1.165) is 17.1 Å². The first-order valence-electron chi connectivity index (χ1n) is 5.76. The Kier molecular flexibility index (Phi) is 4.07. The number of pyridine rings is 1. The van der Waals surface area contributed by atoms with Crippen LogP contribution in [0.1, 0.15) is 12.8 Å². The number of aromatic nitrogens is 1. The largest absolute Gasteiger partial charge is 0.352 e. The summed E-state index contributed by atoms with van der Waals surface area (Å²) in [5.41, 5.74) is 0. The van der Waals surface area contributed by atoms with Crippen LogP contribution in [0.4, 0.5) is 0 Å². The van der Waals surface area contributed by atoms with E-state index in [2.05, 4.69) is 10.3 Å². The summed E-state index contributed by atoms with van der Waals surface area (Å²) in [7, 11) is -2.46. The Morgan fingerprint density at radius 1 is 1.58 bits per heavy atom. The molecule has 0 spiro atoms. The third-order valence-corrected chi connectivity index (χ3v) is 5.00. The molecule has 1 saturated carbocycles. The number of rotatable bonds is 5. The molecule has 104 valence electrons. The zero-order valence-electron chi connectivity index (χ0n) is 10.3. The Hall–Kier alpha value is -1.18. The van der Waals surface area contributed by atoms with Gasteiger partial charge in [-0.3, -0.25) is 9.78 Å². The summed E-state index contributed by atoms with van der Waals surface area (Å²) < 4.78 is 25.4. The van der Waals surface area contributed by atoms with Gasteiger partial charge in [0.2, 0.25) is 15.9 Å². The van der Waals surface area contributed by atoms with Gasteiger partial charge in [-0.05, 0) is 18.9 Å². The fraction of sp³-hybridized carbons (Fsp3) is 0.455. The third-order valence-electron chi connectivity index (χ3n) is 2.73. The molecule has 1 aromatic rings. The highest BCUT2D eigenvalue weighted by molar-refractivity contribution is 7.89. The second-order valence-corrected chi connectivity index (χ2v) is 6.83. The number of nitrogens with zero attached hydrogens (tertiary/aromatic N) is 2. The topological polar surface area (TPSA) is 79.4 Å². The first-order chi connectivity index (χ1) is 8.91. The zero-order chi connectivity index (χ0) is 14.0. The Morgan fingerprint density at radius 2 is 2.26 bits per heavy atom. The number of hydrogen-bond donors (Lipinski definition) is 1. The summed E-state index contributed by atoms with van der Waals surface area (Å²) in [6.07, 6.45) is 4.49. The van der Waals surface area contributed by atoms with Crippen molar-refractivity contribution < 1.29 is 13.2 Å². The van der Waals surface area contributed by atoms with Crippen LogP contribution in [0.25, 0.3) is 0 Å². The molecule has 0 aliphatic heterocycles. The van der Waals surface area contributed by atoms with Gasteiger partial charge in [-0.15, -0.1) is 0 Å². The van der Waals surface area contributed by atoms with Gasteiger partial charge in [0.15, 0.2) is 0 Å². The van der Waals surface area contributed by atoms with Crippen LogP contribution in [0.15, 0.2) is 23.4 Å². The highest BCUT2D eigenvalue weighted by atomic mass is 35.5. The molecular weight excluding hydrogens is 290 g/mol. The van der Waals surface area contributed by atoms with Gasteiger partial charge in [0.25, 0.3) is 0 Å². The van der Waals surface area contributed by atoms with Gasteiger partial charge in [-0.1, -0.05) is 11.6 Å². The normalized spacial score (nSPS) is 15.5. The summed E-state index contributed by atoms with van der Waals surface area (Å²) in [6, 6.07) is 1.59. The molecule has 2 rings (SSSR count). The minimum absolute atomic E-state index is 0.0875. The fourth-order valence-electron chi connectivity index (χ4n) is 1.51. The number of likely N-dealkylation sites (N-methyl/N-ethyl adjacent to an activating group) is 1. The molecule has 0 unspecified atom stereocenters. The molecule has 1 heterocycles. The van der Waals surface area contributed by atoms with E-state index in [1.54, 1.807) is 0 Å². The van der Waals surface area contributed by atoms with Crippen molar-refractivity contribution in [1.82, 2.24) is 14.6 Å². The Bertz CT molecular complexity index is 587. The fourth-order valence-corrected chi connectivity index (χ4v) is 3.04. The van der Waals surface area contributed by atoms with E-state index in [9.17, 15) is 13.2 Å². The number of halogens is 1.